The van der Waals surface area contributed by atoms with Gasteiger partial charge in [-0.15, -0.1) is 0 Å². The molecule has 4 nitrogen and oxygen atoms in total. The highest BCUT2D eigenvalue weighted by Crippen LogP contribution is 2.37. The van der Waals surface area contributed by atoms with Crippen LogP contribution < -0.4 is 16.1 Å². The van der Waals surface area contributed by atoms with Crippen molar-refractivity contribution in [3.63, 3.8) is 0 Å². The first kappa shape index (κ1) is 19.4. The van der Waals surface area contributed by atoms with Gasteiger partial charge in [-0.2, -0.15) is 0 Å². The highest BCUT2D eigenvalue weighted by molar-refractivity contribution is 6.99. The summed E-state index contributed by atoms with van der Waals surface area (Å²) in [5.74, 6) is -1.05. The quantitative estimate of drug-likeness (QED) is 0.779. The van der Waals surface area contributed by atoms with E-state index in [1.54, 1.807) is 6.92 Å². The summed E-state index contributed by atoms with van der Waals surface area (Å²) in [7, 11) is -2.76. The molecule has 0 saturated heterocycles. The first-order chi connectivity index (χ1) is 11.7. The van der Waals surface area contributed by atoms with Crippen molar-refractivity contribution in [2.24, 2.45) is 5.73 Å². The Morgan fingerprint density at radius 3 is 1.72 bits per heavy atom. The van der Waals surface area contributed by atoms with Gasteiger partial charge in [-0.3, -0.25) is 4.79 Å². The summed E-state index contributed by atoms with van der Waals surface area (Å²) in [6, 6.07) is 19.2. The summed E-state index contributed by atoms with van der Waals surface area (Å²) in [5.41, 5.74) is 5.86. The minimum atomic E-state index is -2.76. The standard InChI is InChI=1S/C20H27NO3Si/c1-15(18(21)19(22)23)24-25(20(2,3)4,16-11-7-5-8-12-16)17-13-9-6-10-14-17/h5-15,18H,21H2,1-4H3,(H,22,23)/t15-,18-/m0/s1. The van der Waals surface area contributed by atoms with Crippen LogP contribution in [0.15, 0.2) is 60.7 Å². The van der Waals surface area contributed by atoms with Gasteiger partial charge < -0.3 is 15.3 Å². The number of carboxylic acid groups (broad SMARTS) is 1. The van der Waals surface area contributed by atoms with Crippen molar-refractivity contribution in [1.29, 1.82) is 0 Å². The second-order valence-corrected chi connectivity index (χ2v) is 11.6. The molecule has 0 fully saturated rings. The summed E-state index contributed by atoms with van der Waals surface area (Å²) in [6.45, 7) is 8.20. The number of aliphatic carboxylic acids is 1. The van der Waals surface area contributed by atoms with Crippen molar-refractivity contribution in [3.8, 4) is 0 Å². The molecular weight excluding hydrogens is 330 g/mol. The lowest BCUT2D eigenvalue weighted by molar-refractivity contribution is -0.140. The second kappa shape index (κ2) is 7.52. The fourth-order valence-corrected chi connectivity index (χ4v) is 7.96. The third kappa shape index (κ3) is 3.84. The molecule has 0 aliphatic heterocycles. The molecule has 134 valence electrons. The number of benzene rings is 2. The SMILES string of the molecule is C[C@H](O[Si](c1ccccc1)(c1ccccc1)C(C)(C)C)[C@H](N)C(=O)O. The van der Waals surface area contributed by atoms with E-state index in [-0.39, 0.29) is 5.04 Å². The first-order valence-electron chi connectivity index (χ1n) is 8.47. The van der Waals surface area contributed by atoms with Gasteiger partial charge in [0.1, 0.15) is 6.04 Å². The van der Waals surface area contributed by atoms with Crippen molar-refractivity contribution >= 4 is 24.7 Å². The Balaban J connectivity index is 2.67. The lowest BCUT2D eigenvalue weighted by atomic mass is 10.2. The van der Waals surface area contributed by atoms with E-state index in [2.05, 4.69) is 45.0 Å². The van der Waals surface area contributed by atoms with E-state index >= 15 is 0 Å². The molecule has 5 heteroatoms. The van der Waals surface area contributed by atoms with Crippen molar-refractivity contribution in [3.05, 3.63) is 60.7 Å². The van der Waals surface area contributed by atoms with E-state index in [9.17, 15) is 9.90 Å². The molecule has 2 aromatic carbocycles. The Hall–Kier alpha value is -1.95. The number of carbonyl (C=O) groups is 1. The first-order valence-corrected chi connectivity index (χ1v) is 10.4. The molecule has 2 rings (SSSR count). The van der Waals surface area contributed by atoms with Crippen molar-refractivity contribution in [2.75, 3.05) is 0 Å². The van der Waals surface area contributed by atoms with Gasteiger partial charge in [-0.05, 0) is 22.3 Å². The van der Waals surface area contributed by atoms with Crippen molar-refractivity contribution < 1.29 is 14.3 Å². The van der Waals surface area contributed by atoms with E-state index in [0.717, 1.165) is 10.4 Å². The number of hydrogen-bond acceptors (Lipinski definition) is 3. The topological polar surface area (TPSA) is 72.5 Å². The molecule has 0 radical (unpaired) electrons. The molecule has 0 unspecified atom stereocenters. The van der Waals surface area contributed by atoms with Crippen LogP contribution in [0, 0.1) is 0 Å². The van der Waals surface area contributed by atoms with Gasteiger partial charge in [0.25, 0.3) is 8.32 Å². The maximum absolute atomic E-state index is 11.4. The molecule has 3 N–H and O–H groups in total. The molecule has 0 aliphatic rings. The molecule has 0 aliphatic carbocycles. The summed E-state index contributed by atoms with van der Waals surface area (Å²) in [4.78, 5) is 11.4. The molecule has 0 saturated carbocycles. The number of rotatable bonds is 6. The van der Waals surface area contributed by atoms with Crippen LogP contribution in [-0.2, 0) is 9.22 Å². The molecule has 0 heterocycles. The van der Waals surface area contributed by atoms with Gasteiger partial charge in [-0.25, -0.2) is 0 Å². The second-order valence-electron chi connectivity index (χ2n) is 7.35. The summed E-state index contributed by atoms with van der Waals surface area (Å²) < 4.78 is 6.63. The zero-order valence-electron chi connectivity index (χ0n) is 15.3. The monoisotopic (exact) mass is 357 g/mol. The van der Waals surface area contributed by atoms with E-state index in [4.69, 9.17) is 10.2 Å². The zero-order valence-corrected chi connectivity index (χ0v) is 16.3. The van der Waals surface area contributed by atoms with Crippen molar-refractivity contribution in [2.45, 2.75) is 44.9 Å². The Bertz CT molecular complexity index is 658. The van der Waals surface area contributed by atoms with Crippen molar-refractivity contribution in [1.82, 2.24) is 0 Å². The highest BCUT2D eigenvalue weighted by atomic mass is 28.4. The van der Waals surface area contributed by atoms with Crippen LogP contribution in [0.2, 0.25) is 5.04 Å². The van der Waals surface area contributed by atoms with Crippen LogP contribution in [0.3, 0.4) is 0 Å². The maximum Gasteiger partial charge on any atom is 0.323 e. The van der Waals surface area contributed by atoms with Crippen LogP contribution in [0.4, 0.5) is 0 Å². The lowest BCUT2D eigenvalue weighted by Crippen LogP contribution is -2.68. The number of carboxylic acids is 1. The average Bonchev–Trinajstić information content (AvgIpc) is 2.59. The summed E-state index contributed by atoms with van der Waals surface area (Å²) >= 11 is 0. The molecule has 0 spiro atoms. The van der Waals surface area contributed by atoms with E-state index in [1.807, 2.05) is 36.4 Å². The molecule has 2 atom stereocenters. The number of hydrogen-bond donors (Lipinski definition) is 2. The minimum absolute atomic E-state index is 0.206. The van der Waals surface area contributed by atoms with Crippen LogP contribution in [0.25, 0.3) is 0 Å². The maximum atomic E-state index is 11.4. The zero-order chi connectivity index (χ0) is 18.7. The fourth-order valence-electron chi connectivity index (χ4n) is 3.24. The molecular formula is C20H27NO3Si. The van der Waals surface area contributed by atoms with Crippen LogP contribution in [0.1, 0.15) is 27.7 Å². The number of nitrogens with two attached hydrogens (primary N) is 1. The smallest absolute Gasteiger partial charge is 0.323 e. The van der Waals surface area contributed by atoms with Gasteiger partial charge in [0.15, 0.2) is 0 Å². The molecule has 2 aromatic rings. The van der Waals surface area contributed by atoms with E-state index in [1.165, 1.54) is 0 Å². The van der Waals surface area contributed by atoms with Gasteiger partial charge in [0.2, 0.25) is 0 Å². The Morgan fingerprint density at radius 1 is 1.00 bits per heavy atom. The van der Waals surface area contributed by atoms with Crippen LogP contribution in [0.5, 0.6) is 0 Å². The van der Waals surface area contributed by atoms with Gasteiger partial charge in [0.05, 0.1) is 6.10 Å². The minimum Gasteiger partial charge on any atom is -0.480 e. The van der Waals surface area contributed by atoms with Crippen LogP contribution in [-0.4, -0.2) is 31.5 Å². The lowest BCUT2D eigenvalue weighted by Gasteiger charge is -2.45. The molecule has 0 bridgehead atoms. The predicted molar refractivity (Wildman–Crippen MR) is 104 cm³/mol. The average molecular weight is 358 g/mol. The largest absolute Gasteiger partial charge is 0.480 e. The fraction of sp³-hybridized carbons (Fsp3) is 0.350. The highest BCUT2D eigenvalue weighted by Gasteiger charge is 2.51. The third-order valence-corrected chi connectivity index (χ3v) is 9.70. The Morgan fingerprint density at radius 2 is 1.40 bits per heavy atom. The molecule has 25 heavy (non-hydrogen) atoms. The Kier molecular flexibility index (Phi) is 5.82. The van der Waals surface area contributed by atoms with Crippen LogP contribution >= 0.6 is 0 Å². The third-order valence-electron chi connectivity index (χ3n) is 4.57. The predicted octanol–water partition coefficient (Wildman–Crippen LogP) is 2.36. The van der Waals surface area contributed by atoms with E-state index < -0.39 is 26.4 Å². The summed E-state index contributed by atoms with van der Waals surface area (Å²) in [6.07, 6.45) is -0.608. The summed E-state index contributed by atoms with van der Waals surface area (Å²) in [5, 5.41) is 11.3. The normalized spacial score (nSPS) is 14.8. The molecule has 0 aromatic heterocycles. The van der Waals surface area contributed by atoms with E-state index in [0.29, 0.717) is 0 Å². The van der Waals surface area contributed by atoms with Gasteiger partial charge in [-0.1, -0.05) is 81.4 Å². The molecule has 0 amide bonds. The van der Waals surface area contributed by atoms with Gasteiger partial charge in [0, 0.05) is 0 Å². The van der Waals surface area contributed by atoms with Gasteiger partial charge >= 0.3 is 5.97 Å². The Labute approximate surface area is 150 Å².